The lowest BCUT2D eigenvalue weighted by Crippen LogP contribution is -2.28. The number of halogens is 2. The highest BCUT2D eigenvalue weighted by molar-refractivity contribution is 9.10. The number of hydrogen-bond acceptors (Lipinski definition) is 2. The van der Waals surface area contributed by atoms with Crippen molar-refractivity contribution in [1.29, 1.82) is 0 Å². The Morgan fingerprint density at radius 1 is 1.62 bits per heavy atom. The highest BCUT2D eigenvalue weighted by atomic mass is 79.9. The summed E-state index contributed by atoms with van der Waals surface area (Å²) in [7, 11) is 0. The second kappa shape index (κ2) is 6.13. The van der Waals surface area contributed by atoms with Crippen LogP contribution in [0.15, 0.2) is 34.8 Å². The maximum absolute atomic E-state index is 13.1. The summed E-state index contributed by atoms with van der Waals surface area (Å²) in [4.78, 5) is 0. The fourth-order valence-corrected chi connectivity index (χ4v) is 1.83. The van der Waals surface area contributed by atoms with Crippen molar-refractivity contribution in [3.63, 3.8) is 0 Å². The van der Waals surface area contributed by atoms with Crippen molar-refractivity contribution in [2.24, 2.45) is 5.84 Å². The van der Waals surface area contributed by atoms with Crippen molar-refractivity contribution in [3.05, 3.63) is 46.2 Å². The first kappa shape index (κ1) is 13.4. The summed E-state index contributed by atoms with van der Waals surface area (Å²) in [5.41, 5.74) is 4.79. The minimum atomic E-state index is -0.270. The van der Waals surface area contributed by atoms with E-state index in [1.54, 1.807) is 12.1 Å². The van der Waals surface area contributed by atoms with Crippen molar-refractivity contribution in [2.45, 2.75) is 25.8 Å². The minimum absolute atomic E-state index is 0.0238. The van der Waals surface area contributed by atoms with E-state index in [-0.39, 0.29) is 11.9 Å². The molecule has 1 aromatic rings. The van der Waals surface area contributed by atoms with E-state index in [1.165, 1.54) is 6.07 Å². The van der Waals surface area contributed by atoms with Crippen molar-refractivity contribution in [2.75, 3.05) is 0 Å². The molecule has 0 saturated carbocycles. The summed E-state index contributed by atoms with van der Waals surface area (Å²) in [6.45, 7) is 6.00. The normalized spacial score (nSPS) is 12.5. The van der Waals surface area contributed by atoms with Gasteiger partial charge in [0.25, 0.3) is 0 Å². The van der Waals surface area contributed by atoms with Crippen LogP contribution >= 0.6 is 15.9 Å². The Kier molecular flexibility index (Phi) is 5.12. The predicted octanol–water partition coefficient (Wildman–Crippen LogP) is 3.45. The molecule has 0 saturated heterocycles. The van der Waals surface area contributed by atoms with Gasteiger partial charge in [-0.1, -0.05) is 25.1 Å². The van der Waals surface area contributed by atoms with Crippen LogP contribution < -0.4 is 11.3 Å². The number of hydrogen-bond donors (Lipinski definition) is 2. The zero-order valence-electron chi connectivity index (χ0n) is 9.26. The fraction of sp³-hybridized carbons (Fsp3) is 0.333. The average Bonchev–Trinajstić information content (AvgIpc) is 2.29. The first-order valence-corrected chi connectivity index (χ1v) is 5.95. The molecule has 16 heavy (non-hydrogen) atoms. The third kappa shape index (κ3) is 3.40. The SMILES string of the molecule is C=C(CC)CC(NN)c1ccc(F)c(Br)c1. The average molecular weight is 287 g/mol. The monoisotopic (exact) mass is 286 g/mol. The minimum Gasteiger partial charge on any atom is -0.271 e. The van der Waals surface area contributed by atoms with E-state index in [0.29, 0.717) is 4.47 Å². The van der Waals surface area contributed by atoms with Gasteiger partial charge in [0.2, 0.25) is 0 Å². The van der Waals surface area contributed by atoms with Gasteiger partial charge >= 0.3 is 0 Å². The molecule has 1 atom stereocenters. The second-order valence-corrected chi connectivity index (χ2v) is 4.55. The number of nitrogens with one attached hydrogen (secondary N) is 1. The van der Waals surface area contributed by atoms with Gasteiger partial charge in [0.1, 0.15) is 5.82 Å². The van der Waals surface area contributed by atoms with E-state index in [0.717, 1.165) is 24.0 Å². The van der Waals surface area contributed by atoms with E-state index in [1.807, 2.05) is 0 Å². The van der Waals surface area contributed by atoms with Crippen molar-refractivity contribution in [3.8, 4) is 0 Å². The van der Waals surface area contributed by atoms with E-state index >= 15 is 0 Å². The maximum Gasteiger partial charge on any atom is 0.137 e. The summed E-state index contributed by atoms with van der Waals surface area (Å²) in [6.07, 6.45) is 1.67. The fourth-order valence-electron chi connectivity index (χ4n) is 1.44. The van der Waals surface area contributed by atoms with Gasteiger partial charge < -0.3 is 0 Å². The van der Waals surface area contributed by atoms with E-state index in [9.17, 15) is 4.39 Å². The molecule has 0 aliphatic heterocycles. The number of benzene rings is 1. The predicted molar refractivity (Wildman–Crippen MR) is 68.2 cm³/mol. The molecular weight excluding hydrogens is 271 g/mol. The van der Waals surface area contributed by atoms with Crippen LogP contribution in [0.4, 0.5) is 4.39 Å². The number of hydrazine groups is 1. The molecule has 0 fully saturated rings. The van der Waals surface area contributed by atoms with Gasteiger partial charge in [-0.3, -0.25) is 11.3 Å². The molecular formula is C12H16BrFN2. The lowest BCUT2D eigenvalue weighted by molar-refractivity contribution is 0.541. The molecule has 1 rings (SSSR count). The smallest absolute Gasteiger partial charge is 0.137 e. The van der Waals surface area contributed by atoms with Gasteiger partial charge in [-0.2, -0.15) is 0 Å². The molecule has 4 heteroatoms. The maximum atomic E-state index is 13.1. The summed E-state index contributed by atoms with van der Waals surface area (Å²) < 4.78 is 13.5. The Hall–Kier alpha value is -0.710. The van der Waals surface area contributed by atoms with Gasteiger partial charge in [0, 0.05) is 6.04 Å². The Labute approximate surface area is 104 Å². The van der Waals surface area contributed by atoms with Crippen molar-refractivity contribution in [1.82, 2.24) is 5.43 Å². The number of rotatable bonds is 5. The molecule has 0 amide bonds. The summed E-state index contributed by atoms with van der Waals surface area (Å²) >= 11 is 3.16. The van der Waals surface area contributed by atoms with Crippen LogP contribution in [-0.2, 0) is 0 Å². The van der Waals surface area contributed by atoms with Crippen LogP contribution in [0.25, 0.3) is 0 Å². The van der Waals surface area contributed by atoms with Crippen LogP contribution in [0.1, 0.15) is 31.4 Å². The van der Waals surface area contributed by atoms with Gasteiger partial charge in [0.15, 0.2) is 0 Å². The second-order valence-electron chi connectivity index (χ2n) is 3.70. The molecule has 88 valence electrons. The van der Waals surface area contributed by atoms with Gasteiger partial charge in [0.05, 0.1) is 4.47 Å². The summed E-state index contributed by atoms with van der Waals surface area (Å²) in [5, 5.41) is 0. The summed E-state index contributed by atoms with van der Waals surface area (Å²) in [5.74, 6) is 5.23. The molecule has 0 aliphatic rings. The molecule has 1 unspecified atom stereocenters. The number of nitrogens with two attached hydrogens (primary N) is 1. The van der Waals surface area contributed by atoms with Crippen molar-refractivity contribution < 1.29 is 4.39 Å². The molecule has 0 aromatic heterocycles. The molecule has 0 bridgehead atoms. The first-order valence-electron chi connectivity index (χ1n) is 5.16. The molecule has 1 aromatic carbocycles. The Bertz CT molecular complexity index is 379. The molecule has 2 nitrogen and oxygen atoms in total. The molecule has 0 radical (unpaired) electrons. The Morgan fingerprint density at radius 2 is 2.31 bits per heavy atom. The summed E-state index contributed by atoms with van der Waals surface area (Å²) in [6, 6.07) is 4.87. The van der Waals surface area contributed by atoms with Gasteiger partial charge in [-0.25, -0.2) is 4.39 Å². The van der Waals surface area contributed by atoms with E-state index < -0.39 is 0 Å². The Morgan fingerprint density at radius 3 is 2.81 bits per heavy atom. The van der Waals surface area contributed by atoms with Crippen LogP contribution in [0, 0.1) is 5.82 Å². The standard InChI is InChI=1S/C12H16BrFN2/c1-3-8(2)6-12(16-15)9-4-5-11(14)10(13)7-9/h4-5,7,12,16H,2-3,6,15H2,1H3. The zero-order valence-corrected chi connectivity index (χ0v) is 10.8. The van der Waals surface area contributed by atoms with Crippen molar-refractivity contribution >= 4 is 15.9 Å². The third-order valence-corrected chi connectivity index (χ3v) is 3.15. The third-order valence-electron chi connectivity index (χ3n) is 2.54. The highest BCUT2D eigenvalue weighted by Gasteiger charge is 2.12. The first-order chi connectivity index (χ1) is 7.58. The van der Waals surface area contributed by atoms with Gasteiger partial charge in [-0.05, 0) is 46.5 Å². The molecule has 0 spiro atoms. The highest BCUT2D eigenvalue weighted by Crippen LogP contribution is 2.25. The lowest BCUT2D eigenvalue weighted by Gasteiger charge is -2.17. The molecule has 0 heterocycles. The van der Waals surface area contributed by atoms with Gasteiger partial charge in [-0.15, -0.1) is 0 Å². The topological polar surface area (TPSA) is 38.0 Å². The largest absolute Gasteiger partial charge is 0.271 e. The van der Waals surface area contributed by atoms with E-state index in [2.05, 4.69) is 34.9 Å². The van der Waals surface area contributed by atoms with Crippen LogP contribution in [-0.4, -0.2) is 0 Å². The van der Waals surface area contributed by atoms with Crippen LogP contribution in [0.3, 0.4) is 0 Å². The molecule has 0 aliphatic carbocycles. The lowest BCUT2D eigenvalue weighted by atomic mass is 9.99. The molecule has 3 N–H and O–H groups in total. The van der Waals surface area contributed by atoms with E-state index in [4.69, 9.17) is 5.84 Å². The van der Waals surface area contributed by atoms with Crippen LogP contribution in [0.2, 0.25) is 0 Å². The quantitative estimate of drug-likeness (QED) is 0.494. The zero-order chi connectivity index (χ0) is 12.1. The van der Waals surface area contributed by atoms with Crippen LogP contribution in [0.5, 0.6) is 0 Å². The Balaban J connectivity index is 2.86.